The Morgan fingerprint density at radius 2 is 2.00 bits per heavy atom. The first kappa shape index (κ1) is 13.2. The molecular formula is C15H17NO3. The zero-order valence-corrected chi connectivity index (χ0v) is 10.9. The van der Waals surface area contributed by atoms with Gasteiger partial charge in [0.1, 0.15) is 11.5 Å². The summed E-state index contributed by atoms with van der Waals surface area (Å²) in [5.74, 6) is 1.42. The van der Waals surface area contributed by atoms with E-state index in [1.807, 2.05) is 30.3 Å². The van der Waals surface area contributed by atoms with Crippen molar-refractivity contribution in [1.82, 2.24) is 0 Å². The van der Waals surface area contributed by atoms with Crippen LogP contribution in [0.15, 0.2) is 41.0 Å². The molecule has 2 aromatic rings. The van der Waals surface area contributed by atoms with Crippen molar-refractivity contribution in [2.75, 3.05) is 7.11 Å². The van der Waals surface area contributed by atoms with Crippen LogP contribution in [0.25, 0.3) is 11.1 Å². The normalized spacial score (nSPS) is 10.4. The third-order valence-electron chi connectivity index (χ3n) is 2.97. The maximum absolute atomic E-state index is 10.7. The highest BCUT2D eigenvalue weighted by atomic mass is 16.5. The molecule has 4 heteroatoms. The van der Waals surface area contributed by atoms with Gasteiger partial charge in [-0.2, -0.15) is 0 Å². The van der Waals surface area contributed by atoms with Gasteiger partial charge in [-0.15, -0.1) is 0 Å². The van der Waals surface area contributed by atoms with Gasteiger partial charge in [0.05, 0.1) is 13.4 Å². The second-order valence-corrected chi connectivity index (χ2v) is 4.31. The van der Waals surface area contributed by atoms with Crippen molar-refractivity contribution >= 4 is 5.91 Å². The minimum absolute atomic E-state index is 0.280. The standard InChI is InChI=1S/C15H17NO3/c1-18-12-7-5-11(6-8-12)13-9-10-19-14(13)3-2-4-15(16)17/h5-10H,2-4H2,1H3,(H2,16,17). The lowest BCUT2D eigenvalue weighted by Gasteiger charge is -2.04. The number of aryl methyl sites for hydroxylation is 1. The van der Waals surface area contributed by atoms with E-state index in [2.05, 4.69) is 0 Å². The van der Waals surface area contributed by atoms with Crippen LogP contribution < -0.4 is 10.5 Å². The number of carbonyl (C=O) groups excluding carboxylic acids is 1. The van der Waals surface area contributed by atoms with Gasteiger partial charge in [0, 0.05) is 18.4 Å². The quantitative estimate of drug-likeness (QED) is 0.867. The Balaban J connectivity index is 2.11. The fourth-order valence-electron chi connectivity index (χ4n) is 1.99. The maximum Gasteiger partial charge on any atom is 0.217 e. The molecule has 4 nitrogen and oxygen atoms in total. The van der Waals surface area contributed by atoms with E-state index in [1.165, 1.54) is 0 Å². The second kappa shape index (κ2) is 6.09. The molecule has 0 aliphatic heterocycles. The summed E-state index contributed by atoms with van der Waals surface area (Å²) in [7, 11) is 1.64. The topological polar surface area (TPSA) is 65.5 Å². The van der Waals surface area contributed by atoms with Crippen molar-refractivity contribution in [3.05, 3.63) is 42.4 Å². The highest BCUT2D eigenvalue weighted by Gasteiger charge is 2.09. The molecular weight excluding hydrogens is 242 g/mol. The summed E-state index contributed by atoms with van der Waals surface area (Å²) in [6, 6.07) is 9.73. The minimum Gasteiger partial charge on any atom is -0.497 e. The number of rotatable bonds is 6. The van der Waals surface area contributed by atoms with Crippen molar-refractivity contribution < 1.29 is 13.9 Å². The molecule has 0 bridgehead atoms. The lowest BCUT2D eigenvalue weighted by molar-refractivity contribution is -0.118. The molecule has 0 saturated carbocycles. The molecule has 0 radical (unpaired) electrons. The molecule has 0 aliphatic rings. The smallest absolute Gasteiger partial charge is 0.217 e. The number of primary amides is 1. The molecule has 0 saturated heterocycles. The van der Waals surface area contributed by atoms with Gasteiger partial charge in [-0.25, -0.2) is 0 Å². The van der Waals surface area contributed by atoms with Crippen LogP contribution in [0.5, 0.6) is 5.75 Å². The number of ether oxygens (including phenoxy) is 1. The Kier molecular flexibility index (Phi) is 4.23. The van der Waals surface area contributed by atoms with E-state index in [-0.39, 0.29) is 5.91 Å². The molecule has 1 heterocycles. The van der Waals surface area contributed by atoms with Gasteiger partial charge in [0.25, 0.3) is 0 Å². The number of hydrogen-bond donors (Lipinski definition) is 1. The molecule has 0 unspecified atom stereocenters. The molecule has 0 spiro atoms. The van der Waals surface area contributed by atoms with Crippen molar-refractivity contribution in [1.29, 1.82) is 0 Å². The van der Waals surface area contributed by atoms with E-state index in [0.717, 1.165) is 22.6 Å². The van der Waals surface area contributed by atoms with E-state index in [1.54, 1.807) is 13.4 Å². The summed E-state index contributed by atoms with van der Waals surface area (Å²) in [6.07, 6.45) is 3.45. The molecule has 1 amide bonds. The summed E-state index contributed by atoms with van der Waals surface area (Å²) in [5, 5.41) is 0. The van der Waals surface area contributed by atoms with E-state index < -0.39 is 0 Å². The number of furan rings is 1. The summed E-state index contributed by atoms with van der Waals surface area (Å²) >= 11 is 0. The fraction of sp³-hybridized carbons (Fsp3) is 0.267. The van der Waals surface area contributed by atoms with Gasteiger partial charge in [0.2, 0.25) is 5.91 Å². The monoisotopic (exact) mass is 259 g/mol. The molecule has 0 atom stereocenters. The van der Waals surface area contributed by atoms with E-state index in [4.69, 9.17) is 14.9 Å². The molecule has 19 heavy (non-hydrogen) atoms. The van der Waals surface area contributed by atoms with Crippen LogP contribution in [0.2, 0.25) is 0 Å². The highest BCUT2D eigenvalue weighted by Crippen LogP contribution is 2.27. The maximum atomic E-state index is 10.7. The average Bonchev–Trinajstić information content (AvgIpc) is 2.87. The molecule has 100 valence electrons. The van der Waals surface area contributed by atoms with Crippen molar-refractivity contribution in [2.45, 2.75) is 19.3 Å². The number of methoxy groups -OCH3 is 1. The summed E-state index contributed by atoms with van der Waals surface area (Å²) in [4.78, 5) is 10.7. The third-order valence-corrected chi connectivity index (χ3v) is 2.97. The van der Waals surface area contributed by atoms with Gasteiger partial charge in [-0.3, -0.25) is 4.79 Å². The second-order valence-electron chi connectivity index (χ2n) is 4.31. The number of nitrogens with two attached hydrogens (primary N) is 1. The van der Waals surface area contributed by atoms with E-state index in [0.29, 0.717) is 19.3 Å². The van der Waals surface area contributed by atoms with Crippen LogP contribution in [-0.4, -0.2) is 13.0 Å². The molecule has 2 N–H and O–H groups in total. The van der Waals surface area contributed by atoms with Crippen LogP contribution in [0, 0.1) is 0 Å². The largest absolute Gasteiger partial charge is 0.497 e. The lowest BCUT2D eigenvalue weighted by atomic mass is 10.0. The van der Waals surface area contributed by atoms with Gasteiger partial charge >= 0.3 is 0 Å². The first-order valence-electron chi connectivity index (χ1n) is 6.20. The number of amides is 1. The van der Waals surface area contributed by atoms with Crippen LogP contribution in [-0.2, 0) is 11.2 Å². The Labute approximate surface area is 112 Å². The van der Waals surface area contributed by atoms with E-state index >= 15 is 0 Å². The highest BCUT2D eigenvalue weighted by molar-refractivity contribution is 5.73. The van der Waals surface area contributed by atoms with Gasteiger partial charge in [-0.1, -0.05) is 12.1 Å². The van der Waals surface area contributed by atoms with Crippen LogP contribution in [0.4, 0.5) is 0 Å². The SMILES string of the molecule is COc1ccc(-c2ccoc2CCCC(N)=O)cc1. The van der Waals surface area contributed by atoms with Gasteiger partial charge < -0.3 is 14.9 Å². The lowest BCUT2D eigenvalue weighted by Crippen LogP contribution is -2.10. The number of hydrogen-bond acceptors (Lipinski definition) is 3. The van der Waals surface area contributed by atoms with E-state index in [9.17, 15) is 4.79 Å². The average molecular weight is 259 g/mol. The zero-order chi connectivity index (χ0) is 13.7. The summed E-state index contributed by atoms with van der Waals surface area (Å²) in [5.41, 5.74) is 7.25. The van der Waals surface area contributed by atoms with Crippen LogP contribution >= 0.6 is 0 Å². The summed E-state index contributed by atoms with van der Waals surface area (Å²) < 4.78 is 10.6. The zero-order valence-electron chi connectivity index (χ0n) is 10.9. The van der Waals surface area contributed by atoms with Crippen molar-refractivity contribution in [3.63, 3.8) is 0 Å². The van der Waals surface area contributed by atoms with Crippen molar-refractivity contribution in [2.24, 2.45) is 5.73 Å². The number of benzene rings is 1. The molecule has 1 aromatic heterocycles. The van der Waals surface area contributed by atoms with Crippen molar-refractivity contribution in [3.8, 4) is 16.9 Å². The Hall–Kier alpha value is -2.23. The Bertz CT molecular complexity index is 543. The van der Waals surface area contributed by atoms with Gasteiger partial charge in [-0.05, 0) is 30.2 Å². The number of carbonyl (C=O) groups is 1. The molecule has 2 rings (SSSR count). The molecule has 0 fully saturated rings. The van der Waals surface area contributed by atoms with Crippen LogP contribution in [0.1, 0.15) is 18.6 Å². The predicted octanol–water partition coefficient (Wildman–Crippen LogP) is 2.76. The predicted molar refractivity (Wildman–Crippen MR) is 72.8 cm³/mol. The minimum atomic E-state index is -0.280. The molecule has 1 aromatic carbocycles. The first-order chi connectivity index (χ1) is 9.20. The van der Waals surface area contributed by atoms with Crippen LogP contribution in [0.3, 0.4) is 0 Å². The first-order valence-corrected chi connectivity index (χ1v) is 6.20. The Morgan fingerprint density at radius 1 is 1.26 bits per heavy atom. The fourth-order valence-corrected chi connectivity index (χ4v) is 1.99. The summed E-state index contributed by atoms with van der Waals surface area (Å²) in [6.45, 7) is 0. The third kappa shape index (κ3) is 3.37. The van der Waals surface area contributed by atoms with Gasteiger partial charge in [0.15, 0.2) is 0 Å². The molecule has 0 aliphatic carbocycles. The Morgan fingerprint density at radius 3 is 2.63 bits per heavy atom.